The number of rotatable bonds is 5. The Hall–Kier alpha value is -1.29. The molecule has 0 bridgehead atoms. The largest absolute Gasteiger partial charge is 0.370 e. The van der Waals surface area contributed by atoms with E-state index in [9.17, 15) is 4.79 Å². The fourth-order valence-electron chi connectivity index (χ4n) is 3.16. The van der Waals surface area contributed by atoms with Crippen LogP contribution in [0.4, 0.5) is 5.82 Å². The van der Waals surface area contributed by atoms with Crippen molar-refractivity contribution in [1.82, 2.24) is 10.3 Å². The van der Waals surface area contributed by atoms with Gasteiger partial charge in [0.1, 0.15) is 5.82 Å². The van der Waals surface area contributed by atoms with Crippen molar-refractivity contribution < 1.29 is 4.79 Å². The van der Waals surface area contributed by atoms with Crippen LogP contribution >= 0.6 is 11.6 Å². The fraction of sp³-hybridized carbons (Fsp3) is 0.625. The number of hydrogen-bond acceptors (Lipinski definition) is 3. The van der Waals surface area contributed by atoms with Crippen molar-refractivity contribution in [2.24, 2.45) is 11.8 Å². The molecule has 1 aliphatic carbocycles. The molecule has 2 rings (SSSR count). The third-order valence-corrected chi connectivity index (χ3v) is 4.83. The minimum absolute atomic E-state index is 0.102. The van der Waals surface area contributed by atoms with Crippen LogP contribution < -0.4 is 10.6 Å². The van der Waals surface area contributed by atoms with Crippen molar-refractivity contribution in [2.45, 2.75) is 46.1 Å². The summed E-state index contributed by atoms with van der Waals surface area (Å²) in [5.41, 5.74) is 0.495. The third kappa shape index (κ3) is 3.67. The Labute approximate surface area is 131 Å². The number of hydrogen-bond donors (Lipinski definition) is 2. The SMILES string of the molecule is CCNc1cc(C(=O)NC2CCC(CC)C2C)c(Cl)cn1. The van der Waals surface area contributed by atoms with E-state index in [1.165, 1.54) is 19.0 Å². The quantitative estimate of drug-likeness (QED) is 0.871. The van der Waals surface area contributed by atoms with Gasteiger partial charge in [-0.25, -0.2) is 4.98 Å². The molecule has 1 aromatic heterocycles. The second kappa shape index (κ2) is 7.12. The smallest absolute Gasteiger partial charge is 0.253 e. The molecule has 1 aliphatic rings. The average Bonchev–Trinajstić information content (AvgIpc) is 2.82. The van der Waals surface area contributed by atoms with Gasteiger partial charge >= 0.3 is 0 Å². The van der Waals surface area contributed by atoms with Crippen molar-refractivity contribution >= 4 is 23.3 Å². The third-order valence-electron chi connectivity index (χ3n) is 4.53. The van der Waals surface area contributed by atoms with Gasteiger partial charge < -0.3 is 10.6 Å². The molecule has 5 heteroatoms. The van der Waals surface area contributed by atoms with Crippen molar-refractivity contribution in [2.75, 3.05) is 11.9 Å². The standard InChI is InChI=1S/C16H24ClN3O/c1-4-11-6-7-14(10(11)3)20-16(21)12-8-15(18-5-2)19-9-13(12)17/h8-11,14H,4-7H2,1-3H3,(H,18,19)(H,20,21). The number of nitrogens with zero attached hydrogens (tertiary/aromatic N) is 1. The van der Waals surface area contributed by atoms with E-state index in [1.807, 2.05) is 6.92 Å². The van der Waals surface area contributed by atoms with Crippen LogP contribution in [-0.2, 0) is 0 Å². The Morgan fingerprint density at radius 2 is 2.19 bits per heavy atom. The highest BCUT2D eigenvalue weighted by atomic mass is 35.5. The average molecular weight is 310 g/mol. The van der Waals surface area contributed by atoms with Crippen LogP contribution in [0.15, 0.2) is 12.3 Å². The predicted molar refractivity (Wildman–Crippen MR) is 86.8 cm³/mol. The molecule has 116 valence electrons. The van der Waals surface area contributed by atoms with E-state index in [0.29, 0.717) is 28.2 Å². The molecule has 0 aliphatic heterocycles. The number of anilines is 1. The molecule has 0 radical (unpaired) electrons. The van der Waals surface area contributed by atoms with Crippen molar-refractivity contribution in [3.63, 3.8) is 0 Å². The van der Waals surface area contributed by atoms with Gasteiger partial charge in [-0.15, -0.1) is 0 Å². The monoisotopic (exact) mass is 309 g/mol. The zero-order valence-corrected chi connectivity index (χ0v) is 13.7. The minimum atomic E-state index is -0.102. The lowest BCUT2D eigenvalue weighted by atomic mass is 9.93. The molecule has 1 fully saturated rings. The molecule has 1 aromatic rings. The summed E-state index contributed by atoms with van der Waals surface area (Å²) in [6.45, 7) is 7.19. The molecule has 2 N–H and O–H groups in total. The van der Waals surface area contributed by atoms with E-state index in [2.05, 4.69) is 29.5 Å². The zero-order chi connectivity index (χ0) is 15.4. The molecule has 1 heterocycles. The van der Waals surface area contributed by atoms with Crippen molar-refractivity contribution in [3.05, 3.63) is 22.8 Å². The van der Waals surface area contributed by atoms with Gasteiger partial charge in [0, 0.05) is 18.8 Å². The van der Waals surface area contributed by atoms with Crippen molar-refractivity contribution in [3.8, 4) is 0 Å². The summed E-state index contributed by atoms with van der Waals surface area (Å²) in [5.74, 6) is 1.81. The molecular weight excluding hydrogens is 286 g/mol. The van der Waals surface area contributed by atoms with Gasteiger partial charge in [-0.1, -0.05) is 31.9 Å². The van der Waals surface area contributed by atoms with Crippen LogP contribution in [0.25, 0.3) is 0 Å². The first-order valence-corrected chi connectivity index (χ1v) is 8.14. The molecule has 4 nitrogen and oxygen atoms in total. The van der Waals surface area contributed by atoms with E-state index in [1.54, 1.807) is 6.07 Å². The van der Waals surface area contributed by atoms with Crippen molar-refractivity contribution in [1.29, 1.82) is 0 Å². The van der Waals surface area contributed by atoms with Crippen LogP contribution in [0.5, 0.6) is 0 Å². The molecule has 3 unspecified atom stereocenters. The summed E-state index contributed by atoms with van der Waals surface area (Å²) in [6.07, 6.45) is 4.94. The lowest BCUT2D eigenvalue weighted by molar-refractivity contribution is 0.0926. The van der Waals surface area contributed by atoms with Gasteiger partial charge in [0.25, 0.3) is 5.91 Å². The lowest BCUT2D eigenvalue weighted by Gasteiger charge is -2.21. The highest BCUT2D eigenvalue weighted by Gasteiger charge is 2.32. The van der Waals surface area contributed by atoms with Crippen LogP contribution in [0, 0.1) is 11.8 Å². The highest BCUT2D eigenvalue weighted by Crippen LogP contribution is 2.34. The molecular formula is C16H24ClN3O. The van der Waals surface area contributed by atoms with Gasteiger partial charge in [-0.05, 0) is 37.7 Å². The summed E-state index contributed by atoms with van der Waals surface area (Å²) in [4.78, 5) is 16.6. The van der Waals surface area contributed by atoms with E-state index in [-0.39, 0.29) is 11.9 Å². The van der Waals surface area contributed by atoms with E-state index in [4.69, 9.17) is 11.6 Å². The van der Waals surface area contributed by atoms with Gasteiger partial charge in [0.2, 0.25) is 0 Å². The van der Waals surface area contributed by atoms with Gasteiger partial charge in [-0.3, -0.25) is 4.79 Å². The Balaban J connectivity index is 2.08. The maximum Gasteiger partial charge on any atom is 0.253 e. The molecule has 3 atom stereocenters. The second-order valence-electron chi connectivity index (χ2n) is 5.76. The van der Waals surface area contributed by atoms with E-state index >= 15 is 0 Å². The van der Waals surface area contributed by atoms with Crippen LogP contribution in [0.2, 0.25) is 5.02 Å². The number of carbonyl (C=O) groups is 1. The normalized spacial score (nSPS) is 24.9. The minimum Gasteiger partial charge on any atom is -0.370 e. The van der Waals surface area contributed by atoms with E-state index in [0.717, 1.165) is 13.0 Å². The first kappa shape index (κ1) is 16.1. The first-order chi connectivity index (χ1) is 10.1. The number of pyridine rings is 1. The molecule has 0 aromatic carbocycles. The van der Waals surface area contributed by atoms with Crippen LogP contribution in [-0.4, -0.2) is 23.5 Å². The number of halogens is 1. The Bertz CT molecular complexity index is 506. The molecule has 0 saturated heterocycles. The van der Waals surface area contributed by atoms with Gasteiger partial charge in [-0.2, -0.15) is 0 Å². The summed E-state index contributed by atoms with van der Waals surface area (Å²) in [5, 5.41) is 6.63. The predicted octanol–water partition coefficient (Wildman–Crippen LogP) is 3.72. The Morgan fingerprint density at radius 3 is 2.81 bits per heavy atom. The topological polar surface area (TPSA) is 54.0 Å². The number of aromatic nitrogens is 1. The molecule has 1 saturated carbocycles. The first-order valence-electron chi connectivity index (χ1n) is 7.77. The summed E-state index contributed by atoms with van der Waals surface area (Å²) < 4.78 is 0. The summed E-state index contributed by atoms with van der Waals surface area (Å²) in [7, 11) is 0. The zero-order valence-electron chi connectivity index (χ0n) is 12.9. The highest BCUT2D eigenvalue weighted by molar-refractivity contribution is 6.33. The summed E-state index contributed by atoms with van der Waals surface area (Å²) in [6, 6.07) is 1.97. The van der Waals surface area contributed by atoms with Gasteiger partial charge in [0.05, 0.1) is 10.6 Å². The molecule has 21 heavy (non-hydrogen) atoms. The maximum atomic E-state index is 12.5. The Kier molecular flexibility index (Phi) is 5.45. The molecule has 0 spiro atoms. The van der Waals surface area contributed by atoms with Crippen LogP contribution in [0.3, 0.4) is 0 Å². The van der Waals surface area contributed by atoms with Crippen LogP contribution in [0.1, 0.15) is 50.4 Å². The summed E-state index contributed by atoms with van der Waals surface area (Å²) >= 11 is 6.12. The second-order valence-corrected chi connectivity index (χ2v) is 6.17. The van der Waals surface area contributed by atoms with Gasteiger partial charge in [0.15, 0.2) is 0 Å². The number of carbonyl (C=O) groups excluding carboxylic acids is 1. The lowest BCUT2D eigenvalue weighted by Crippen LogP contribution is -2.37. The molecule has 1 amide bonds. The Morgan fingerprint density at radius 1 is 1.43 bits per heavy atom. The fourth-order valence-corrected chi connectivity index (χ4v) is 3.35. The number of amides is 1. The van der Waals surface area contributed by atoms with E-state index < -0.39 is 0 Å². The number of nitrogens with one attached hydrogen (secondary N) is 2. The maximum absolute atomic E-state index is 12.5.